The maximum Gasteiger partial charge on any atom is 0.232 e. The van der Waals surface area contributed by atoms with Crippen LogP contribution in [0.5, 0.6) is 0 Å². The highest BCUT2D eigenvalue weighted by atomic mass is 16.5. The van der Waals surface area contributed by atoms with Crippen molar-refractivity contribution in [2.45, 2.75) is 39.2 Å². The van der Waals surface area contributed by atoms with E-state index >= 15 is 0 Å². The Labute approximate surface area is 100.0 Å². The molecule has 0 aromatic heterocycles. The van der Waals surface area contributed by atoms with Gasteiger partial charge in [0, 0.05) is 16.7 Å². The predicted molar refractivity (Wildman–Crippen MR) is 61.2 cm³/mol. The van der Waals surface area contributed by atoms with Crippen LogP contribution in [0, 0.1) is 0 Å². The van der Waals surface area contributed by atoms with Gasteiger partial charge in [-0.3, -0.25) is 9.59 Å². The monoisotopic (exact) mass is 236 g/mol. The Morgan fingerprint density at radius 1 is 1.29 bits per heavy atom. The van der Waals surface area contributed by atoms with Crippen LogP contribution in [-0.2, 0) is 14.3 Å². The number of carbonyl (C=O) groups is 2. The van der Waals surface area contributed by atoms with E-state index in [1.54, 1.807) is 6.92 Å². The molecule has 1 N–H and O–H groups in total. The molecule has 0 saturated carbocycles. The van der Waals surface area contributed by atoms with Gasteiger partial charge < -0.3 is 9.84 Å². The average Bonchev–Trinajstić information content (AvgIpc) is 2.26. The van der Waals surface area contributed by atoms with Gasteiger partial charge in [0.05, 0.1) is 6.61 Å². The minimum atomic E-state index is -0.517. The summed E-state index contributed by atoms with van der Waals surface area (Å²) in [4.78, 5) is 23.5. The molecule has 17 heavy (non-hydrogen) atoms. The number of hydrogen-bond donors (Lipinski definition) is 1. The largest absolute Gasteiger partial charge is 0.487 e. The first-order valence-corrected chi connectivity index (χ1v) is 5.69. The fourth-order valence-electron chi connectivity index (χ4n) is 2.19. The summed E-state index contributed by atoms with van der Waals surface area (Å²) in [5.41, 5.74) is 0.815. The Morgan fingerprint density at radius 2 is 1.94 bits per heavy atom. The van der Waals surface area contributed by atoms with Crippen molar-refractivity contribution in [3.63, 3.8) is 0 Å². The lowest BCUT2D eigenvalue weighted by atomic mass is 9.83. The quantitative estimate of drug-likeness (QED) is 0.550. The molecule has 0 fully saturated rings. The zero-order valence-electron chi connectivity index (χ0n) is 10.3. The van der Waals surface area contributed by atoms with E-state index in [1.165, 1.54) is 0 Å². The van der Waals surface area contributed by atoms with Crippen LogP contribution in [0.2, 0.25) is 0 Å². The first-order valence-electron chi connectivity index (χ1n) is 5.69. The van der Waals surface area contributed by atoms with E-state index in [4.69, 9.17) is 4.74 Å². The first kappa shape index (κ1) is 12.0. The molecule has 0 saturated heterocycles. The predicted octanol–water partition coefficient (Wildman–Crippen LogP) is 1.29. The first-order chi connectivity index (χ1) is 7.87. The van der Waals surface area contributed by atoms with Crippen molar-refractivity contribution in [2.75, 3.05) is 6.61 Å². The van der Waals surface area contributed by atoms with Crippen LogP contribution in [0.15, 0.2) is 22.5 Å². The Morgan fingerprint density at radius 3 is 2.53 bits per heavy atom. The third-order valence-electron chi connectivity index (χ3n) is 3.34. The molecule has 2 rings (SSSR count). The van der Waals surface area contributed by atoms with Crippen molar-refractivity contribution >= 4 is 11.6 Å². The molecule has 4 heteroatoms. The van der Waals surface area contributed by atoms with Gasteiger partial charge in [-0.25, -0.2) is 0 Å². The Hall–Kier alpha value is -1.42. The van der Waals surface area contributed by atoms with Crippen LogP contribution >= 0.6 is 0 Å². The number of aliphatic hydroxyl groups is 1. The number of Topliss-reactive ketones (excluding diaryl/α,β-unsaturated/α-hetero) is 2. The second-order valence-electron chi connectivity index (χ2n) is 5.09. The van der Waals surface area contributed by atoms with Gasteiger partial charge in [-0.2, -0.15) is 0 Å². The lowest BCUT2D eigenvalue weighted by molar-refractivity contribution is -0.133. The summed E-state index contributed by atoms with van der Waals surface area (Å²) in [7, 11) is 0. The van der Waals surface area contributed by atoms with Crippen molar-refractivity contribution < 1.29 is 19.4 Å². The molecule has 1 aliphatic carbocycles. The van der Waals surface area contributed by atoms with Crippen LogP contribution in [0.25, 0.3) is 0 Å². The average molecular weight is 236 g/mol. The van der Waals surface area contributed by atoms with Gasteiger partial charge in [-0.15, -0.1) is 0 Å². The van der Waals surface area contributed by atoms with E-state index in [1.807, 2.05) is 13.8 Å². The van der Waals surface area contributed by atoms with Crippen molar-refractivity contribution in [3.8, 4) is 0 Å². The summed E-state index contributed by atoms with van der Waals surface area (Å²) < 4.78 is 5.76. The van der Waals surface area contributed by atoms with Crippen LogP contribution in [0.1, 0.15) is 33.6 Å². The Balaban J connectivity index is 2.55. The van der Waals surface area contributed by atoms with E-state index in [9.17, 15) is 14.7 Å². The van der Waals surface area contributed by atoms with Gasteiger partial charge in [-0.05, 0) is 33.6 Å². The molecule has 0 spiro atoms. The molecule has 1 aliphatic heterocycles. The van der Waals surface area contributed by atoms with Gasteiger partial charge in [0.25, 0.3) is 0 Å². The van der Waals surface area contributed by atoms with E-state index in [0.717, 1.165) is 0 Å². The zero-order valence-corrected chi connectivity index (χ0v) is 10.3. The molecule has 0 amide bonds. The molecule has 2 aliphatic rings. The van der Waals surface area contributed by atoms with Gasteiger partial charge in [0.2, 0.25) is 11.6 Å². The second kappa shape index (κ2) is 3.81. The van der Waals surface area contributed by atoms with E-state index in [0.29, 0.717) is 35.3 Å². The summed E-state index contributed by atoms with van der Waals surface area (Å²) in [5.74, 6) is -0.577. The number of carbonyl (C=O) groups excluding carboxylic acids is 2. The van der Waals surface area contributed by atoms with E-state index in [-0.39, 0.29) is 12.2 Å². The lowest BCUT2D eigenvalue weighted by Gasteiger charge is -2.36. The minimum Gasteiger partial charge on any atom is -0.487 e. The summed E-state index contributed by atoms with van der Waals surface area (Å²) in [5, 5.41) is 9.34. The highest BCUT2D eigenvalue weighted by molar-refractivity contribution is 6.50. The minimum absolute atomic E-state index is 0.278. The summed E-state index contributed by atoms with van der Waals surface area (Å²) in [6.45, 7) is 5.14. The van der Waals surface area contributed by atoms with Crippen molar-refractivity contribution in [3.05, 3.63) is 22.5 Å². The zero-order chi connectivity index (χ0) is 12.8. The number of rotatable bonds is 1. The fraction of sp³-hybridized carbons (Fsp3) is 0.538. The standard InChI is InChI=1S/C13H16O4/c1-7-9(6-14)12-8(11(16)10(7)15)4-5-13(2,3)17-12/h14H,4-6H2,1-3H3. The number of ketones is 2. The third kappa shape index (κ3) is 1.82. The van der Waals surface area contributed by atoms with Crippen LogP contribution in [0.3, 0.4) is 0 Å². The summed E-state index contributed by atoms with van der Waals surface area (Å²) in [6.07, 6.45) is 1.23. The molecule has 0 unspecified atom stereocenters. The smallest absolute Gasteiger partial charge is 0.232 e. The van der Waals surface area contributed by atoms with Crippen molar-refractivity contribution in [2.24, 2.45) is 0 Å². The van der Waals surface area contributed by atoms with Crippen molar-refractivity contribution in [1.82, 2.24) is 0 Å². The van der Waals surface area contributed by atoms with Gasteiger partial charge in [0.15, 0.2) is 0 Å². The molecule has 0 atom stereocenters. The maximum absolute atomic E-state index is 11.8. The normalized spacial score (nSPS) is 23.8. The van der Waals surface area contributed by atoms with Gasteiger partial charge in [-0.1, -0.05) is 0 Å². The number of hydrogen-bond acceptors (Lipinski definition) is 4. The van der Waals surface area contributed by atoms with E-state index < -0.39 is 11.6 Å². The highest BCUT2D eigenvalue weighted by Gasteiger charge is 2.39. The molecule has 0 aromatic carbocycles. The maximum atomic E-state index is 11.8. The number of aliphatic hydroxyl groups excluding tert-OH is 1. The highest BCUT2D eigenvalue weighted by Crippen LogP contribution is 2.38. The Bertz CT molecular complexity index is 466. The molecule has 0 radical (unpaired) electrons. The van der Waals surface area contributed by atoms with Crippen LogP contribution in [-0.4, -0.2) is 28.9 Å². The molecular formula is C13H16O4. The molecule has 0 bridgehead atoms. The summed E-state index contributed by atoms with van der Waals surface area (Å²) >= 11 is 0. The SMILES string of the molecule is CC1=C(CO)C2=C(CCC(C)(C)O2)C(=O)C1=O. The molecule has 92 valence electrons. The number of allylic oxidation sites excluding steroid dienone is 2. The van der Waals surface area contributed by atoms with Gasteiger partial charge in [0.1, 0.15) is 11.4 Å². The second-order valence-corrected chi connectivity index (χ2v) is 5.09. The molecule has 1 heterocycles. The summed E-state index contributed by atoms with van der Waals surface area (Å²) in [6, 6.07) is 0. The van der Waals surface area contributed by atoms with Crippen molar-refractivity contribution in [1.29, 1.82) is 0 Å². The van der Waals surface area contributed by atoms with Crippen LogP contribution in [0.4, 0.5) is 0 Å². The number of ether oxygens (including phenoxy) is 1. The lowest BCUT2D eigenvalue weighted by Crippen LogP contribution is -2.36. The Kier molecular flexibility index (Phi) is 2.70. The molecular weight excluding hydrogens is 220 g/mol. The molecule has 0 aromatic rings. The molecule has 4 nitrogen and oxygen atoms in total. The topological polar surface area (TPSA) is 63.6 Å². The van der Waals surface area contributed by atoms with Gasteiger partial charge >= 0.3 is 0 Å². The van der Waals surface area contributed by atoms with Crippen LogP contribution < -0.4 is 0 Å². The van der Waals surface area contributed by atoms with E-state index in [2.05, 4.69) is 0 Å². The third-order valence-corrected chi connectivity index (χ3v) is 3.34. The fourth-order valence-corrected chi connectivity index (χ4v) is 2.19.